The summed E-state index contributed by atoms with van der Waals surface area (Å²) in [4.78, 5) is 4.07. The van der Waals surface area contributed by atoms with E-state index in [1.54, 1.807) is 26.6 Å². The third-order valence-corrected chi connectivity index (χ3v) is 2.59. The van der Waals surface area contributed by atoms with Crippen molar-refractivity contribution in [3.05, 3.63) is 35.7 Å². The van der Waals surface area contributed by atoms with Crippen LogP contribution in [-0.2, 0) is 0 Å². The van der Waals surface area contributed by atoms with Crippen molar-refractivity contribution in [3.63, 3.8) is 0 Å². The van der Waals surface area contributed by atoms with Crippen LogP contribution in [0.25, 0.3) is 0 Å². The molecule has 0 spiro atoms. The molecule has 0 aliphatic carbocycles. The summed E-state index contributed by atoms with van der Waals surface area (Å²) in [6.07, 6.45) is 3.40. The molecule has 2 aromatic rings. The van der Waals surface area contributed by atoms with Crippen LogP contribution in [0, 0.1) is 6.92 Å². The Morgan fingerprint density at radius 2 is 2.11 bits per heavy atom. The third kappa shape index (κ3) is 2.67. The van der Waals surface area contributed by atoms with Crippen LogP contribution in [0.3, 0.4) is 0 Å². The van der Waals surface area contributed by atoms with Crippen LogP contribution in [-0.4, -0.2) is 30.1 Å². The number of hydrogen-bond donors (Lipinski definition) is 1. The molecule has 0 aliphatic rings. The standard InChI is InChI=1S/C13H16N4O2/c1-9-8-17(13(14)16-9)15-7-10-5-4-6-11(18-2)12(10)19-3/h4-8H,1-3H3,(H2,14,16). The highest BCUT2D eigenvalue weighted by Crippen LogP contribution is 2.29. The summed E-state index contributed by atoms with van der Waals surface area (Å²) in [5.74, 6) is 1.63. The molecule has 2 N–H and O–H groups in total. The second-order valence-electron chi connectivity index (χ2n) is 3.91. The molecule has 0 saturated heterocycles. The number of para-hydroxylation sites is 1. The molecule has 0 atom stereocenters. The van der Waals surface area contributed by atoms with Gasteiger partial charge in [-0.3, -0.25) is 0 Å². The zero-order valence-corrected chi connectivity index (χ0v) is 11.1. The van der Waals surface area contributed by atoms with E-state index in [0.717, 1.165) is 11.3 Å². The average Bonchev–Trinajstić information content (AvgIpc) is 2.73. The summed E-state index contributed by atoms with van der Waals surface area (Å²) in [5.41, 5.74) is 7.33. The zero-order chi connectivity index (χ0) is 13.8. The van der Waals surface area contributed by atoms with Crippen LogP contribution in [0.1, 0.15) is 11.3 Å². The van der Waals surface area contributed by atoms with Gasteiger partial charge in [0.15, 0.2) is 11.5 Å². The Balaban J connectivity index is 2.35. The van der Waals surface area contributed by atoms with Crippen LogP contribution in [0.4, 0.5) is 5.95 Å². The van der Waals surface area contributed by atoms with Gasteiger partial charge in [-0.2, -0.15) is 5.10 Å². The molecule has 6 nitrogen and oxygen atoms in total. The number of nitrogens with zero attached hydrogens (tertiary/aromatic N) is 3. The number of anilines is 1. The molecule has 1 heterocycles. The fourth-order valence-electron chi connectivity index (χ4n) is 1.73. The predicted octanol–water partition coefficient (Wildman–Crippen LogP) is 1.67. The number of imidazole rings is 1. The van der Waals surface area contributed by atoms with E-state index in [1.807, 2.05) is 25.1 Å². The number of methoxy groups -OCH3 is 2. The van der Waals surface area contributed by atoms with Gasteiger partial charge in [0.05, 0.1) is 32.3 Å². The summed E-state index contributed by atoms with van der Waals surface area (Å²) in [7, 11) is 3.18. The highest BCUT2D eigenvalue weighted by atomic mass is 16.5. The van der Waals surface area contributed by atoms with Gasteiger partial charge in [-0.1, -0.05) is 6.07 Å². The highest BCUT2D eigenvalue weighted by molar-refractivity contribution is 5.85. The van der Waals surface area contributed by atoms with Crippen molar-refractivity contribution in [1.82, 2.24) is 9.66 Å². The first-order valence-electron chi connectivity index (χ1n) is 5.72. The number of rotatable bonds is 4. The summed E-state index contributed by atoms with van der Waals surface area (Å²) < 4.78 is 12.1. The lowest BCUT2D eigenvalue weighted by Crippen LogP contribution is -1.99. The van der Waals surface area contributed by atoms with Crippen molar-refractivity contribution < 1.29 is 9.47 Å². The Morgan fingerprint density at radius 1 is 1.32 bits per heavy atom. The lowest BCUT2D eigenvalue weighted by molar-refractivity contribution is 0.354. The van der Waals surface area contributed by atoms with Gasteiger partial charge in [-0.05, 0) is 19.1 Å². The van der Waals surface area contributed by atoms with Crippen molar-refractivity contribution in [2.75, 3.05) is 20.0 Å². The van der Waals surface area contributed by atoms with Crippen molar-refractivity contribution in [1.29, 1.82) is 0 Å². The minimum atomic E-state index is 0.343. The van der Waals surface area contributed by atoms with Crippen molar-refractivity contribution >= 4 is 12.2 Å². The van der Waals surface area contributed by atoms with Gasteiger partial charge >= 0.3 is 0 Å². The molecule has 0 bridgehead atoms. The molecule has 1 aromatic heterocycles. The van der Waals surface area contributed by atoms with Gasteiger partial charge < -0.3 is 15.2 Å². The van der Waals surface area contributed by atoms with E-state index < -0.39 is 0 Å². The lowest BCUT2D eigenvalue weighted by atomic mass is 10.2. The smallest absolute Gasteiger partial charge is 0.221 e. The molecule has 0 fully saturated rings. The Labute approximate surface area is 111 Å². The molecule has 19 heavy (non-hydrogen) atoms. The van der Waals surface area contributed by atoms with Crippen molar-refractivity contribution in [2.24, 2.45) is 5.10 Å². The molecule has 0 saturated carbocycles. The first-order chi connectivity index (χ1) is 9.15. The van der Waals surface area contributed by atoms with Crippen LogP contribution in [0.5, 0.6) is 11.5 Å². The van der Waals surface area contributed by atoms with Gasteiger partial charge in [0.1, 0.15) is 0 Å². The minimum Gasteiger partial charge on any atom is -0.493 e. The normalized spacial score (nSPS) is 10.9. The molecule has 0 unspecified atom stereocenters. The third-order valence-electron chi connectivity index (χ3n) is 2.59. The minimum absolute atomic E-state index is 0.343. The highest BCUT2D eigenvalue weighted by Gasteiger charge is 2.07. The van der Waals surface area contributed by atoms with Crippen LogP contribution in [0.15, 0.2) is 29.5 Å². The van der Waals surface area contributed by atoms with E-state index >= 15 is 0 Å². The Morgan fingerprint density at radius 3 is 2.68 bits per heavy atom. The van der Waals surface area contributed by atoms with Gasteiger partial charge in [0.2, 0.25) is 5.95 Å². The fourth-order valence-corrected chi connectivity index (χ4v) is 1.73. The first-order valence-corrected chi connectivity index (χ1v) is 5.72. The first kappa shape index (κ1) is 12.9. The monoisotopic (exact) mass is 260 g/mol. The van der Waals surface area contributed by atoms with Gasteiger partial charge in [-0.25, -0.2) is 9.66 Å². The van der Waals surface area contributed by atoms with Crippen LogP contribution < -0.4 is 15.2 Å². The summed E-state index contributed by atoms with van der Waals surface area (Å²) in [5, 5.41) is 4.25. The van der Waals surface area contributed by atoms with Gasteiger partial charge in [0.25, 0.3) is 0 Å². The molecule has 0 amide bonds. The molecular formula is C13H16N4O2. The molecule has 0 aliphatic heterocycles. The molecule has 1 aromatic carbocycles. The lowest BCUT2D eigenvalue weighted by Gasteiger charge is -2.09. The molecule has 0 radical (unpaired) electrons. The second kappa shape index (κ2) is 5.43. The predicted molar refractivity (Wildman–Crippen MR) is 73.9 cm³/mol. The fraction of sp³-hybridized carbons (Fsp3) is 0.231. The summed E-state index contributed by atoms with van der Waals surface area (Å²) >= 11 is 0. The van der Waals surface area contributed by atoms with E-state index in [9.17, 15) is 0 Å². The zero-order valence-electron chi connectivity index (χ0n) is 11.1. The van der Waals surface area contributed by atoms with Gasteiger partial charge in [0, 0.05) is 5.56 Å². The molecule has 2 rings (SSSR count). The van der Waals surface area contributed by atoms with Gasteiger partial charge in [-0.15, -0.1) is 0 Å². The SMILES string of the molecule is COc1cccc(C=Nn2cc(C)nc2N)c1OC. The Kier molecular flexibility index (Phi) is 3.70. The van der Waals surface area contributed by atoms with E-state index in [-0.39, 0.29) is 0 Å². The Hall–Kier alpha value is -2.50. The summed E-state index contributed by atoms with van der Waals surface area (Å²) in [6.45, 7) is 1.86. The maximum absolute atomic E-state index is 5.71. The van der Waals surface area contributed by atoms with E-state index in [2.05, 4.69) is 10.1 Å². The Bertz CT molecular complexity index is 605. The second-order valence-corrected chi connectivity index (χ2v) is 3.91. The molecule has 100 valence electrons. The number of aryl methyl sites for hydroxylation is 1. The largest absolute Gasteiger partial charge is 0.493 e. The summed E-state index contributed by atoms with van der Waals surface area (Å²) in [6, 6.07) is 5.57. The number of benzene rings is 1. The van der Waals surface area contributed by atoms with E-state index in [0.29, 0.717) is 17.4 Å². The molecule has 6 heteroatoms. The topological polar surface area (TPSA) is 74.7 Å². The van der Waals surface area contributed by atoms with Crippen molar-refractivity contribution in [2.45, 2.75) is 6.92 Å². The van der Waals surface area contributed by atoms with Crippen LogP contribution in [0.2, 0.25) is 0 Å². The maximum Gasteiger partial charge on any atom is 0.221 e. The number of nitrogen functional groups attached to an aromatic ring is 1. The maximum atomic E-state index is 5.71. The number of aromatic nitrogens is 2. The number of nitrogens with two attached hydrogens (primary N) is 1. The number of hydrogen-bond acceptors (Lipinski definition) is 5. The van der Waals surface area contributed by atoms with Crippen LogP contribution >= 0.6 is 0 Å². The van der Waals surface area contributed by atoms with E-state index in [1.165, 1.54) is 4.68 Å². The number of ether oxygens (including phenoxy) is 2. The quantitative estimate of drug-likeness (QED) is 0.848. The van der Waals surface area contributed by atoms with Crippen molar-refractivity contribution in [3.8, 4) is 11.5 Å². The average molecular weight is 260 g/mol. The van der Waals surface area contributed by atoms with E-state index in [4.69, 9.17) is 15.2 Å². The molecular weight excluding hydrogens is 244 g/mol.